The molecule has 1 aliphatic rings. The van der Waals surface area contributed by atoms with Gasteiger partial charge in [-0.05, 0) is 69.4 Å². The topological polar surface area (TPSA) is 12.5 Å². The molecule has 0 N–H and O–H groups in total. The number of rotatable bonds is 8. The summed E-state index contributed by atoms with van der Waals surface area (Å²) < 4.78 is 41.4. The molecule has 1 aliphatic heterocycles. The van der Waals surface area contributed by atoms with Gasteiger partial charge in [-0.3, -0.25) is 0 Å². The van der Waals surface area contributed by atoms with Gasteiger partial charge >= 0.3 is 6.18 Å². The quantitative estimate of drug-likeness (QED) is 0.658. The monoisotopic (exact) mass is 315 g/mol. The molecule has 2 rings (SSSR count). The van der Waals surface area contributed by atoms with Crippen molar-refractivity contribution in [2.45, 2.75) is 44.7 Å². The third kappa shape index (κ3) is 6.69. The van der Waals surface area contributed by atoms with Gasteiger partial charge in [0.25, 0.3) is 0 Å². The Morgan fingerprint density at radius 3 is 2.32 bits per heavy atom. The fraction of sp³-hybridized carbons (Fsp3) is 0.647. The number of likely N-dealkylation sites (tertiary alicyclic amines) is 1. The second-order valence-electron chi connectivity index (χ2n) is 5.86. The largest absolute Gasteiger partial charge is 0.494 e. The van der Waals surface area contributed by atoms with Crippen LogP contribution >= 0.6 is 0 Å². The van der Waals surface area contributed by atoms with Crippen molar-refractivity contribution in [1.82, 2.24) is 4.90 Å². The van der Waals surface area contributed by atoms with Crippen molar-refractivity contribution in [1.29, 1.82) is 0 Å². The molecule has 0 saturated carbocycles. The average molecular weight is 315 g/mol. The summed E-state index contributed by atoms with van der Waals surface area (Å²) in [6, 6.07) is 7.70. The van der Waals surface area contributed by atoms with E-state index in [-0.39, 0.29) is 13.0 Å². The van der Waals surface area contributed by atoms with Gasteiger partial charge in [-0.2, -0.15) is 13.2 Å². The first kappa shape index (κ1) is 17.1. The fourth-order valence-corrected chi connectivity index (χ4v) is 2.73. The predicted octanol–water partition coefficient (Wildman–Crippen LogP) is 4.44. The Morgan fingerprint density at radius 1 is 1.00 bits per heavy atom. The van der Waals surface area contributed by atoms with Crippen molar-refractivity contribution in [2.24, 2.45) is 0 Å². The van der Waals surface area contributed by atoms with Gasteiger partial charge in [0.15, 0.2) is 0 Å². The maximum Gasteiger partial charge on any atom is 0.389 e. The lowest BCUT2D eigenvalue weighted by Gasteiger charge is -2.14. The van der Waals surface area contributed by atoms with Gasteiger partial charge in [0.05, 0.1) is 6.61 Å². The molecule has 0 radical (unpaired) electrons. The van der Waals surface area contributed by atoms with E-state index in [0.29, 0.717) is 5.75 Å². The van der Waals surface area contributed by atoms with Crippen molar-refractivity contribution < 1.29 is 17.9 Å². The molecule has 0 aromatic heterocycles. The molecule has 0 amide bonds. The molecule has 5 heteroatoms. The molecule has 22 heavy (non-hydrogen) atoms. The Hall–Kier alpha value is -1.23. The Labute approximate surface area is 130 Å². The Bertz CT molecular complexity index is 425. The highest BCUT2D eigenvalue weighted by Gasteiger charge is 2.26. The smallest absolute Gasteiger partial charge is 0.389 e. The molecule has 0 atom stereocenters. The normalized spacial score (nSPS) is 16.1. The molecule has 0 bridgehead atoms. The Kier molecular flexibility index (Phi) is 6.55. The van der Waals surface area contributed by atoms with E-state index in [1.165, 1.54) is 31.5 Å². The van der Waals surface area contributed by atoms with Crippen LogP contribution in [0, 0.1) is 0 Å². The summed E-state index contributed by atoms with van der Waals surface area (Å²) in [5, 5.41) is 0. The highest BCUT2D eigenvalue weighted by molar-refractivity contribution is 5.27. The minimum atomic E-state index is -4.09. The van der Waals surface area contributed by atoms with E-state index in [4.69, 9.17) is 4.74 Å². The van der Waals surface area contributed by atoms with Crippen LogP contribution in [0.15, 0.2) is 24.3 Å². The van der Waals surface area contributed by atoms with Gasteiger partial charge in [-0.15, -0.1) is 0 Å². The van der Waals surface area contributed by atoms with Gasteiger partial charge in [0, 0.05) is 6.42 Å². The summed E-state index contributed by atoms with van der Waals surface area (Å²) >= 11 is 0. The molecule has 1 aromatic carbocycles. The van der Waals surface area contributed by atoms with E-state index >= 15 is 0 Å². The van der Waals surface area contributed by atoms with Crippen molar-refractivity contribution >= 4 is 0 Å². The van der Waals surface area contributed by atoms with Gasteiger partial charge in [0.1, 0.15) is 5.75 Å². The van der Waals surface area contributed by atoms with Crippen LogP contribution in [0.25, 0.3) is 0 Å². The van der Waals surface area contributed by atoms with Crippen LogP contribution < -0.4 is 4.74 Å². The Morgan fingerprint density at radius 2 is 1.68 bits per heavy atom. The molecule has 0 aliphatic carbocycles. The van der Waals surface area contributed by atoms with E-state index in [0.717, 1.165) is 19.4 Å². The van der Waals surface area contributed by atoms with Crippen molar-refractivity contribution in [2.75, 3.05) is 26.2 Å². The molecule has 0 spiro atoms. The molecule has 1 aromatic rings. The summed E-state index contributed by atoms with van der Waals surface area (Å²) in [6.07, 6.45) is -0.0668. The van der Waals surface area contributed by atoms with Crippen molar-refractivity contribution in [3.63, 3.8) is 0 Å². The molecule has 124 valence electrons. The van der Waals surface area contributed by atoms with Crippen LogP contribution in [0.5, 0.6) is 5.75 Å². The SMILES string of the molecule is FC(F)(F)CCCOc1ccc(CCCN2CCCC2)cc1. The summed E-state index contributed by atoms with van der Waals surface area (Å²) in [7, 11) is 0. The first-order valence-corrected chi connectivity index (χ1v) is 8.04. The maximum absolute atomic E-state index is 12.0. The van der Waals surface area contributed by atoms with Gasteiger partial charge in [-0.25, -0.2) is 0 Å². The number of ether oxygens (including phenoxy) is 1. The molecule has 1 fully saturated rings. The zero-order valence-electron chi connectivity index (χ0n) is 12.9. The Balaban J connectivity index is 1.62. The van der Waals surface area contributed by atoms with E-state index in [1.54, 1.807) is 0 Å². The number of alkyl halides is 3. The molecule has 1 saturated heterocycles. The second kappa shape index (κ2) is 8.42. The first-order chi connectivity index (χ1) is 10.5. The number of hydrogen-bond donors (Lipinski definition) is 0. The number of hydrogen-bond acceptors (Lipinski definition) is 2. The van der Waals surface area contributed by atoms with Crippen LogP contribution in [0.3, 0.4) is 0 Å². The molecule has 1 heterocycles. The summed E-state index contributed by atoms with van der Waals surface area (Å²) in [5.41, 5.74) is 1.25. The third-order valence-corrected chi connectivity index (χ3v) is 3.94. The van der Waals surface area contributed by atoms with Gasteiger partial charge < -0.3 is 9.64 Å². The molecule has 2 nitrogen and oxygen atoms in total. The third-order valence-electron chi connectivity index (χ3n) is 3.94. The van der Waals surface area contributed by atoms with Crippen LogP contribution in [-0.2, 0) is 6.42 Å². The first-order valence-electron chi connectivity index (χ1n) is 8.04. The number of nitrogens with zero attached hydrogens (tertiary/aromatic N) is 1. The lowest BCUT2D eigenvalue weighted by atomic mass is 10.1. The van der Waals surface area contributed by atoms with Crippen LogP contribution in [-0.4, -0.2) is 37.3 Å². The van der Waals surface area contributed by atoms with E-state index in [2.05, 4.69) is 4.90 Å². The predicted molar refractivity (Wildman–Crippen MR) is 81.2 cm³/mol. The molecular formula is C17H24F3NO. The zero-order chi connectivity index (χ0) is 15.8. The van der Waals surface area contributed by atoms with Crippen molar-refractivity contribution in [3.8, 4) is 5.75 Å². The van der Waals surface area contributed by atoms with Crippen molar-refractivity contribution in [3.05, 3.63) is 29.8 Å². The zero-order valence-corrected chi connectivity index (χ0v) is 12.9. The lowest BCUT2D eigenvalue weighted by molar-refractivity contribution is -0.136. The molecule has 0 unspecified atom stereocenters. The van der Waals surface area contributed by atoms with E-state index < -0.39 is 12.6 Å². The lowest BCUT2D eigenvalue weighted by Crippen LogP contribution is -2.20. The highest BCUT2D eigenvalue weighted by Crippen LogP contribution is 2.21. The standard InChI is InChI=1S/C17H24F3NO/c18-17(19,20)10-4-14-22-16-8-6-15(7-9-16)5-3-13-21-11-1-2-12-21/h6-9H,1-5,10-14H2. The summed E-state index contributed by atoms with van der Waals surface area (Å²) in [5.74, 6) is 0.644. The fourth-order valence-electron chi connectivity index (χ4n) is 2.73. The van der Waals surface area contributed by atoms with Crippen LogP contribution in [0.1, 0.15) is 37.7 Å². The minimum Gasteiger partial charge on any atom is -0.494 e. The van der Waals surface area contributed by atoms with Gasteiger partial charge in [0.2, 0.25) is 0 Å². The van der Waals surface area contributed by atoms with E-state index in [9.17, 15) is 13.2 Å². The van der Waals surface area contributed by atoms with E-state index in [1.807, 2.05) is 24.3 Å². The molecular weight excluding hydrogens is 291 g/mol. The second-order valence-corrected chi connectivity index (χ2v) is 5.86. The number of benzene rings is 1. The van der Waals surface area contributed by atoms with Crippen LogP contribution in [0.4, 0.5) is 13.2 Å². The summed E-state index contributed by atoms with van der Waals surface area (Å²) in [6.45, 7) is 3.71. The highest BCUT2D eigenvalue weighted by atomic mass is 19.4. The number of aryl methyl sites for hydroxylation is 1. The summed E-state index contributed by atoms with van der Waals surface area (Å²) in [4.78, 5) is 2.50. The number of halogens is 3. The van der Waals surface area contributed by atoms with Crippen LogP contribution in [0.2, 0.25) is 0 Å². The average Bonchev–Trinajstić information content (AvgIpc) is 2.97. The van der Waals surface area contributed by atoms with Gasteiger partial charge in [-0.1, -0.05) is 12.1 Å². The minimum absolute atomic E-state index is 0.00108. The maximum atomic E-state index is 12.0.